The Morgan fingerprint density at radius 3 is 3.00 bits per heavy atom. The summed E-state index contributed by atoms with van der Waals surface area (Å²) in [5.41, 5.74) is 1.34. The van der Waals surface area contributed by atoms with E-state index < -0.39 is 6.17 Å². The number of nitrogens with one attached hydrogen (secondary N) is 1. The molecule has 68 valence electrons. The van der Waals surface area contributed by atoms with Gasteiger partial charge in [0.25, 0.3) is 5.91 Å². The Labute approximate surface area is 75.6 Å². The van der Waals surface area contributed by atoms with Gasteiger partial charge in [0.15, 0.2) is 6.17 Å². The molecule has 0 bridgehead atoms. The number of allylic oxidation sites excluding steroid dienone is 1. The second-order valence-corrected chi connectivity index (χ2v) is 3.29. The maximum absolute atomic E-state index is 11.4. The highest BCUT2D eigenvalue weighted by Gasteiger charge is 2.32. The van der Waals surface area contributed by atoms with Crippen LogP contribution in [-0.2, 0) is 4.79 Å². The molecule has 1 atom stereocenters. The first-order valence-corrected chi connectivity index (χ1v) is 4.17. The second-order valence-electron chi connectivity index (χ2n) is 3.29. The van der Waals surface area contributed by atoms with Crippen LogP contribution in [0.1, 0.15) is 13.8 Å². The van der Waals surface area contributed by atoms with E-state index in [-0.39, 0.29) is 11.8 Å². The zero-order valence-corrected chi connectivity index (χ0v) is 7.48. The lowest BCUT2D eigenvalue weighted by Gasteiger charge is -2.12. The van der Waals surface area contributed by atoms with Crippen molar-refractivity contribution < 1.29 is 4.79 Å². The molecule has 2 heterocycles. The van der Waals surface area contributed by atoms with Crippen LogP contribution in [0.2, 0.25) is 0 Å². The number of hydrogen-bond acceptors (Lipinski definition) is 4. The number of amides is 1. The SMILES string of the molecule is CC(C)C1=C2C(=O)NC=NC2N=N1. The number of nitrogens with zero attached hydrogens (tertiary/aromatic N) is 3. The van der Waals surface area contributed by atoms with Gasteiger partial charge >= 0.3 is 0 Å². The van der Waals surface area contributed by atoms with Crippen molar-refractivity contribution >= 4 is 12.2 Å². The fourth-order valence-electron chi connectivity index (χ4n) is 1.37. The van der Waals surface area contributed by atoms with Gasteiger partial charge < -0.3 is 5.32 Å². The van der Waals surface area contributed by atoms with Crippen molar-refractivity contribution in [3.63, 3.8) is 0 Å². The molecular formula is C8H10N4O. The topological polar surface area (TPSA) is 66.2 Å². The highest BCUT2D eigenvalue weighted by Crippen LogP contribution is 2.29. The van der Waals surface area contributed by atoms with Crippen LogP contribution >= 0.6 is 0 Å². The Morgan fingerprint density at radius 2 is 2.31 bits per heavy atom. The first-order chi connectivity index (χ1) is 6.20. The first kappa shape index (κ1) is 8.10. The minimum Gasteiger partial charge on any atom is -0.313 e. The molecule has 0 aromatic heterocycles. The molecule has 1 N–H and O–H groups in total. The van der Waals surface area contributed by atoms with E-state index in [0.29, 0.717) is 5.57 Å². The van der Waals surface area contributed by atoms with E-state index in [2.05, 4.69) is 20.5 Å². The molecule has 2 aliphatic rings. The van der Waals surface area contributed by atoms with Crippen molar-refractivity contribution in [2.75, 3.05) is 0 Å². The van der Waals surface area contributed by atoms with E-state index in [9.17, 15) is 4.79 Å². The molecule has 0 aliphatic carbocycles. The van der Waals surface area contributed by atoms with Crippen LogP contribution in [0, 0.1) is 5.92 Å². The lowest BCUT2D eigenvalue weighted by molar-refractivity contribution is -0.116. The zero-order chi connectivity index (χ0) is 9.42. The number of azo groups is 1. The minimum absolute atomic E-state index is 0.131. The van der Waals surface area contributed by atoms with Gasteiger partial charge in [-0.15, -0.1) is 0 Å². The van der Waals surface area contributed by atoms with Crippen LogP contribution in [0.4, 0.5) is 0 Å². The molecule has 0 fully saturated rings. The fraction of sp³-hybridized carbons (Fsp3) is 0.500. The molecule has 5 heteroatoms. The lowest BCUT2D eigenvalue weighted by Crippen LogP contribution is -2.33. The van der Waals surface area contributed by atoms with E-state index in [1.165, 1.54) is 6.34 Å². The van der Waals surface area contributed by atoms with E-state index in [0.717, 1.165) is 5.70 Å². The maximum atomic E-state index is 11.4. The minimum atomic E-state index is -0.397. The highest BCUT2D eigenvalue weighted by atomic mass is 16.2. The third-order valence-corrected chi connectivity index (χ3v) is 2.01. The fourth-order valence-corrected chi connectivity index (χ4v) is 1.37. The Morgan fingerprint density at radius 1 is 1.54 bits per heavy atom. The molecule has 0 aromatic rings. The summed E-state index contributed by atoms with van der Waals surface area (Å²) in [5, 5.41) is 10.4. The molecule has 13 heavy (non-hydrogen) atoms. The Bertz CT molecular complexity index is 340. The molecule has 1 unspecified atom stereocenters. The van der Waals surface area contributed by atoms with Crippen LogP contribution < -0.4 is 5.32 Å². The van der Waals surface area contributed by atoms with E-state index in [1.54, 1.807) is 0 Å². The molecule has 5 nitrogen and oxygen atoms in total. The van der Waals surface area contributed by atoms with Crippen molar-refractivity contribution in [2.45, 2.75) is 20.0 Å². The summed E-state index contributed by atoms with van der Waals surface area (Å²) in [6.07, 6.45) is 0.977. The molecule has 2 aliphatic heterocycles. The van der Waals surface area contributed by atoms with Gasteiger partial charge in [0.2, 0.25) is 0 Å². The average Bonchev–Trinajstić information content (AvgIpc) is 2.49. The summed E-state index contributed by atoms with van der Waals surface area (Å²) < 4.78 is 0. The smallest absolute Gasteiger partial charge is 0.258 e. The van der Waals surface area contributed by atoms with Gasteiger partial charge in [0.1, 0.15) is 0 Å². The maximum Gasteiger partial charge on any atom is 0.258 e. The van der Waals surface area contributed by atoms with Crippen molar-refractivity contribution in [3.05, 3.63) is 11.3 Å². The third-order valence-electron chi connectivity index (χ3n) is 2.01. The summed E-state index contributed by atoms with van der Waals surface area (Å²) in [6, 6.07) is 0. The Balaban J connectivity index is 2.45. The van der Waals surface area contributed by atoms with Crippen LogP contribution in [0.3, 0.4) is 0 Å². The molecule has 0 spiro atoms. The van der Waals surface area contributed by atoms with Gasteiger partial charge in [-0.05, 0) is 5.92 Å². The molecule has 0 radical (unpaired) electrons. The highest BCUT2D eigenvalue weighted by molar-refractivity contribution is 6.03. The van der Waals surface area contributed by atoms with Gasteiger partial charge in [0, 0.05) is 0 Å². The van der Waals surface area contributed by atoms with E-state index in [1.807, 2.05) is 13.8 Å². The number of aliphatic imine (C=N–C) groups is 1. The summed E-state index contributed by atoms with van der Waals surface area (Å²) in [5.74, 6) is 0.0801. The monoisotopic (exact) mass is 178 g/mol. The number of carbonyl (C=O) groups is 1. The van der Waals surface area contributed by atoms with Crippen LogP contribution in [-0.4, -0.2) is 18.4 Å². The number of fused-ring (bicyclic) bond motifs is 1. The lowest BCUT2D eigenvalue weighted by atomic mass is 10.0. The molecule has 1 amide bonds. The number of carbonyl (C=O) groups excluding carboxylic acids is 1. The summed E-state index contributed by atoms with van der Waals surface area (Å²) in [4.78, 5) is 15.4. The predicted molar refractivity (Wildman–Crippen MR) is 47.1 cm³/mol. The van der Waals surface area contributed by atoms with Crippen LogP contribution in [0.25, 0.3) is 0 Å². The second kappa shape index (κ2) is 2.76. The standard InChI is InChI=1S/C8H10N4O/c1-4(2)6-5-7(12-11-6)9-3-10-8(5)13/h3-4,7H,1-2H3,(H,9,10,13). The van der Waals surface area contributed by atoms with Crippen LogP contribution in [0.15, 0.2) is 26.5 Å². The van der Waals surface area contributed by atoms with Crippen LogP contribution in [0.5, 0.6) is 0 Å². The van der Waals surface area contributed by atoms with Crippen molar-refractivity contribution in [1.29, 1.82) is 0 Å². The van der Waals surface area contributed by atoms with Gasteiger partial charge in [0.05, 0.1) is 17.6 Å². The van der Waals surface area contributed by atoms with Crippen molar-refractivity contribution in [1.82, 2.24) is 5.32 Å². The largest absolute Gasteiger partial charge is 0.313 e. The van der Waals surface area contributed by atoms with Gasteiger partial charge in [-0.25, -0.2) is 4.99 Å². The van der Waals surface area contributed by atoms with E-state index >= 15 is 0 Å². The number of hydrogen-bond donors (Lipinski definition) is 1. The summed E-state index contributed by atoms with van der Waals surface area (Å²) in [7, 11) is 0. The Hall–Kier alpha value is -1.52. The quantitative estimate of drug-likeness (QED) is 0.635. The normalized spacial score (nSPS) is 25.5. The molecule has 0 saturated heterocycles. The van der Waals surface area contributed by atoms with Crippen molar-refractivity contribution in [3.8, 4) is 0 Å². The zero-order valence-electron chi connectivity index (χ0n) is 7.48. The first-order valence-electron chi connectivity index (χ1n) is 4.17. The molecule has 2 rings (SSSR count). The summed E-state index contributed by atoms with van der Waals surface area (Å²) >= 11 is 0. The van der Waals surface area contributed by atoms with E-state index in [4.69, 9.17) is 0 Å². The molecule has 0 aromatic carbocycles. The van der Waals surface area contributed by atoms with Gasteiger partial charge in [-0.1, -0.05) is 13.8 Å². The predicted octanol–water partition coefficient (Wildman–Crippen LogP) is 0.846. The molecular weight excluding hydrogens is 168 g/mol. The average molecular weight is 178 g/mol. The Kier molecular flexibility index (Phi) is 1.72. The number of rotatable bonds is 1. The third kappa shape index (κ3) is 1.16. The van der Waals surface area contributed by atoms with Gasteiger partial charge in [-0.2, -0.15) is 10.2 Å². The molecule has 0 saturated carbocycles. The summed E-state index contributed by atoms with van der Waals surface area (Å²) in [6.45, 7) is 3.96. The van der Waals surface area contributed by atoms with Gasteiger partial charge in [-0.3, -0.25) is 4.79 Å². The van der Waals surface area contributed by atoms with Crippen molar-refractivity contribution in [2.24, 2.45) is 21.1 Å².